The number of carbonyl (C=O) groups excluding carboxylic acids is 1. The van der Waals surface area contributed by atoms with E-state index in [4.69, 9.17) is 4.74 Å². The molecule has 0 bridgehead atoms. The zero-order valence-electron chi connectivity index (χ0n) is 18.0. The van der Waals surface area contributed by atoms with Crippen molar-refractivity contribution >= 4 is 22.7 Å². The summed E-state index contributed by atoms with van der Waals surface area (Å²) in [5.41, 5.74) is 2.64. The lowest BCUT2D eigenvalue weighted by molar-refractivity contribution is -0.165. The Labute approximate surface area is 192 Å². The Hall–Kier alpha value is -3.92. The van der Waals surface area contributed by atoms with Crippen LogP contribution in [-0.2, 0) is 20.9 Å². The van der Waals surface area contributed by atoms with Crippen LogP contribution in [0.1, 0.15) is 28.5 Å². The SMILES string of the molecule is O=C(OCc1cccc2ccccc12)C1C(c2ccccc2)[C@H](C(=O)O)[C@H]1c1ccccc1. The summed E-state index contributed by atoms with van der Waals surface area (Å²) in [5.74, 6) is -3.38. The minimum absolute atomic E-state index is 0.150. The lowest BCUT2D eigenvalue weighted by Crippen LogP contribution is -2.51. The van der Waals surface area contributed by atoms with E-state index in [9.17, 15) is 14.7 Å². The van der Waals surface area contributed by atoms with E-state index in [-0.39, 0.29) is 12.6 Å². The average Bonchev–Trinajstić information content (AvgIpc) is 2.83. The van der Waals surface area contributed by atoms with Crippen molar-refractivity contribution in [3.8, 4) is 0 Å². The van der Waals surface area contributed by atoms with Gasteiger partial charge in [0.1, 0.15) is 6.61 Å². The van der Waals surface area contributed by atoms with Gasteiger partial charge in [-0.3, -0.25) is 9.59 Å². The van der Waals surface area contributed by atoms with E-state index >= 15 is 0 Å². The quantitative estimate of drug-likeness (QED) is 0.389. The van der Waals surface area contributed by atoms with Crippen molar-refractivity contribution in [3.05, 3.63) is 120 Å². The van der Waals surface area contributed by atoms with Crippen LogP contribution < -0.4 is 0 Å². The largest absolute Gasteiger partial charge is 0.481 e. The molecule has 0 heterocycles. The number of fused-ring (bicyclic) bond motifs is 1. The maximum atomic E-state index is 13.5. The molecule has 1 aliphatic carbocycles. The summed E-state index contributed by atoms with van der Waals surface area (Å²) in [6, 6.07) is 32.8. The van der Waals surface area contributed by atoms with E-state index in [0.717, 1.165) is 27.5 Å². The smallest absolute Gasteiger partial charge is 0.310 e. The number of benzene rings is 4. The molecule has 1 fully saturated rings. The van der Waals surface area contributed by atoms with Gasteiger partial charge in [-0.15, -0.1) is 0 Å². The molecular weight excluding hydrogens is 412 g/mol. The van der Waals surface area contributed by atoms with E-state index < -0.39 is 29.6 Å². The third-order valence-corrected chi connectivity index (χ3v) is 6.72. The van der Waals surface area contributed by atoms with Gasteiger partial charge in [0.05, 0.1) is 11.8 Å². The Morgan fingerprint density at radius 2 is 1.21 bits per heavy atom. The van der Waals surface area contributed by atoms with Crippen LogP contribution in [0.4, 0.5) is 0 Å². The van der Waals surface area contributed by atoms with E-state index in [0.29, 0.717) is 0 Å². The van der Waals surface area contributed by atoms with Crippen LogP contribution in [0.3, 0.4) is 0 Å². The van der Waals surface area contributed by atoms with Gasteiger partial charge in [0.15, 0.2) is 0 Å². The first-order valence-corrected chi connectivity index (χ1v) is 11.1. The second-order valence-corrected chi connectivity index (χ2v) is 8.51. The lowest BCUT2D eigenvalue weighted by Gasteiger charge is -2.49. The van der Waals surface area contributed by atoms with E-state index in [1.54, 1.807) is 0 Å². The predicted molar refractivity (Wildman–Crippen MR) is 127 cm³/mol. The van der Waals surface area contributed by atoms with Gasteiger partial charge in [-0.05, 0) is 27.5 Å². The number of aliphatic carboxylic acids is 1. The van der Waals surface area contributed by atoms with Crippen LogP contribution in [0, 0.1) is 11.8 Å². The minimum atomic E-state index is -0.893. The number of esters is 1. The number of hydrogen-bond donors (Lipinski definition) is 1. The molecule has 0 spiro atoms. The molecule has 164 valence electrons. The number of hydrogen-bond acceptors (Lipinski definition) is 3. The molecule has 5 rings (SSSR count). The highest BCUT2D eigenvalue weighted by atomic mass is 16.5. The normalized spacial score (nSPS) is 21.8. The summed E-state index contributed by atoms with van der Waals surface area (Å²) in [7, 11) is 0. The van der Waals surface area contributed by atoms with Gasteiger partial charge in [-0.1, -0.05) is 103 Å². The molecule has 4 atom stereocenters. The van der Waals surface area contributed by atoms with Gasteiger partial charge in [0, 0.05) is 11.8 Å². The molecule has 4 heteroatoms. The molecule has 4 aromatic carbocycles. The van der Waals surface area contributed by atoms with E-state index in [1.807, 2.05) is 103 Å². The highest BCUT2D eigenvalue weighted by Crippen LogP contribution is 2.58. The Bertz CT molecular complexity index is 1230. The molecule has 1 N–H and O–H groups in total. The number of carbonyl (C=O) groups is 2. The second kappa shape index (κ2) is 8.91. The number of carboxylic acid groups (broad SMARTS) is 1. The topological polar surface area (TPSA) is 63.6 Å². The molecule has 0 radical (unpaired) electrons. The zero-order chi connectivity index (χ0) is 22.8. The monoisotopic (exact) mass is 436 g/mol. The average molecular weight is 437 g/mol. The predicted octanol–water partition coefficient (Wildman–Crippen LogP) is 5.78. The van der Waals surface area contributed by atoms with E-state index in [1.165, 1.54) is 0 Å². The zero-order valence-corrected chi connectivity index (χ0v) is 18.0. The van der Waals surface area contributed by atoms with Crippen molar-refractivity contribution in [1.82, 2.24) is 0 Å². The highest BCUT2D eigenvalue weighted by Gasteiger charge is 2.59. The molecule has 2 unspecified atom stereocenters. The van der Waals surface area contributed by atoms with Crippen molar-refractivity contribution in [1.29, 1.82) is 0 Å². The van der Waals surface area contributed by atoms with Crippen LogP contribution >= 0.6 is 0 Å². The van der Waals surface area contributed by atoms with Gasteiger partial charge in [-0.25, -0.2) is 0 Å². The van der Waals surface area contributed by atoms with Crippen molar-refractivity contribution in [3.63, 3.8) is 0 Å². The van der Waals surface area contributed by atoms with Crippen molar-refractivity contribution in [2.45, 2.75) is 18.4 Å². The van der Waals surface area contributed by atoms with Gasteiger partial charge >= 0.3 is 11.9 Å². The van der Waals surface area contributed by atoms with E-state index in [2.05, 4.69) is 0 Å². The van der Waals surface area contributed by atoms with Crippen LogP contribution in [0.25, 0.3) is 10.8 Å². The van der Waals surface area contributed by atoms with Gasteiger partial charge in [0.25, 0.3) is 0 Å². The minimum Gasteiger partial charge on any atom is -0.481 e. The third kappa shape index (κ3) is 3.89. The summed E-state index contributed by atoms with van der Waals surface area (Å²) in [5, 5.41) is 12.2. The molecule has 33 heavy (non-hydrogen) atoms. The molecule has 1 aliphatic rings. The Kier molecular flexibility index (Phi) is 5.66. The Morgan fingerprint density at radius 1 is 0.667 bits per heavy atom. The maximum absolute atomic E-state index is 13.5. The fraction of sp³-hybridized carbons (Fsp3) is 0.172. The van der Waals surface area contributed by atoms with Crippen LogP contribution in [0.5, 0.6) is 0 Å². The van der Waals surface area contributed by atoms with Crippen LogP contribution in [0.2, 0.25) is 0 Å². The first-order chi connectivity index (χ1) is 16.1. The van der Waals surface area contributed by atoms with Crippen LogP contribution in [-0.4, -0.2) is 17.0 Å². The molecule has 0 amide bonds. The standard InChI is InChI=1S/C29H24O4/c30-28(31)26-24(20-11-3-1-4-12-20)27(25(26)21-13-5-2-6-14-21)29(32)33-18-22-16-9-15-19-10-7-8-17-23(19)22/h1-17,24-27H,18H2,(H,30,31)/t24-,25?,26-,27?/m1/s1. The molecular formula is C29H24O4. The Balaban J connectivity index is 1.47. The first kappa shape index (κ1) is 21.0. The van der Waals surface area contributed by atoms with Gasteiger partial charge in [0.2, 0.25) is 0 Å². The summed E-state index contributed by atoms with van der Waals surface area (Å²) >= 11 is 0. The van der Waals surface area contributed by atoms with Crippen LogP contribution in [0.15, 0.2) is 103 Å². The Morgan fingerprint density at radius 3 is 1.82 bits per heavy atom. The molecule has 0 aliphatic heterocycles. The number of ether oxygens (including phenoxy) is 1. The molecule has 4 aromatic rings. The fourth-order valence-electron chi connectivity index (χ4n) is 5.19. The maximum Gasteiger partial charge on any atom is 0.310 e. The third-order valence-electron chi connectivity index (χ3n) is 6.72. The van der Waals surface area contributed by atoms with Crippen molar-refractivity contribution < 1.29 is 19.4 Å². The summed E-state index contributed by atoms with van der Waals surface area (Å²) < 4.78 is 5.84. The molecule has 0 aromatic heterocycles. The summed E-state index contributed by atoms with van der Waals surface area (Å²) in [6.07, 6.45) is 0. The number of carboxylic acids is 1. The molecule has 1 saturated carbocycles. The summed E-state index contributed by atoms with van der Waals surface area (Å²) in [4.78, 5) is 25.7. The van der Waals surface area contributed by atoms with Crippen molar-refractivity contribution in [2.75, 3.05) is 0 Å². The number of rotatable bonds is 6. The fourth-order valence-corrected chi connectivity index (χ4v) is 5.19. The molecule has 0 saturated heterocycles. The summed E-state index contributed by atoms with van der Waals surface area (Å²) in [6.45, 7) is 0.150. The highest BCUT2D eigenvalue weighted by molar-refractivity contribution is 5.87. The van der Waals surface area contributed by atoms with Gasteiger partial charge in [-0.2, -0.15) is 0 Å². The molecule has 4 nitrogen and oxygen atoms in total. The first-order valence-electron chi connectivity index (χ1n) is 11.1. The lowest BCUT2D eigenvalue weighted by atomic mass is 9.52. The second-order valence-electron chi connectivity index (χ2n) is 8.51. The van der Waals surface area contributed by atoms with Gasteiger partial charge < -0.3 is 9.84 Å². The van der Waals surface area contributed by atoms with Crippen molar-refractivity contribution in [2.24, 2.45) is 11.8 Å².